The molecular formula is C18H15NO3S. The van der Waals surface area contributed by atoms with Crippen LogP contribution in [0.5, 0.6) is 0 Å². The van der Waals surface area contributed by atoms with Crippen molar-refractivity contribution in [1.29, 1.82) is 0 Å². The first-order valence-electron chi connectivity index (χ1n) is 7.09. The van der Waals surface area contributed by atoms with Crippen LogP contribution in [0.25, 0.3) is 10.8 Å². The first-order chi connectivity index (χ1) is 11.0. The molecule has 0 aliphatic rings. The molecule has 0 saturated heterocycles. The second kappa shape index (κ2) is 5.85. The van der Waals surface area contributed by atoms with Crippen LogP contribution >= 0.6 is 0 Å². The summed E-state index contributed by atoms with van der Waals surface area (Å²) in [5, 5.41) is 1.81. The maximum absolute atomic E-state index is 12.6. The molecule has 0 aromatic heterocycles. The summed E-state index contributed by atoms with van der Waals surface area (Å²) >= 11 is 0. The number of Topliss-reactive ketones (excluding diaryl/α,β-unsaturated/α-hetero) is 1. The summed E-state index contributed by atoms with van der Waals surface area (Å²) in [5.74, 6) is -0.193. The average Bonchev–Trinajstić information content (AvgIpc) is 2.54. The molecule has 3 aromatic rings. The molecule has 0 aliphatic heterocycles. The molecule has 5 heteroatoms. The Balaban J connectivity index is 2.03. The van der Waals surface area contributed by atoms with Gasteiger partial charge in [-0.3, -0.25) is 9.52 Å². The lowest BCUT2D eigenvalue weighted by Crippen LogP contribution is -2.15. The Labute approximate surface area is 134 Å². The van der Waals surface area contributed by atoms with E-state index in [1.807, 2.05) is 24.3 Å². The highest BCUT2D eigenvalue weighted by Gasteiger charge is 2.17. The highest BCUT2D eigenvalue weighted by atomic mass is 32.2. The lowest BCUT2D eigenvalue weighted by Gasteiger charge is -2.11. The number of rotatable bonds is 4. The minimum absolute atomic E-state index is 0.162. The number of sulfonamides is 1. The highest BCUT2D eigenvalue weighted by molar-refractivity contribution is 7.92. The smallest absolute Gasteiger partial charge is 0.261 e. The van der Waals surface area contributed by atoms with Crippen LogP contribution in [0.2, 0.25) is 0 Å². The lowest BCUT2D eigenvalue weighted by molar-refractivity contribution is 0.101. The molecule has 0 amide bonds. The summed E-state index contributed by atoms with van der Waals surface area (Å²) in [4.78, 5) is 11.8. The zero-order valence-electron chi connectivity index (χ0n) is 12.5. The fourth-order valence-electron chi connectivity index (χ4n) is 2.42. The molecule has 0 atom stereocenters. The zero-order chi connectivity index (χ0) is 16.4. The van der Waals surface area contributed by atoms with Crippen molar-refractivity contribution in [2.45, 2.75) is 11.8 Å². The van der Waals surface area contributed by atoms with Crippen LogP contribution in [0.1, 0.15) is 17.3 Å². The van der Waals surface area contributed by atoms with Crippen LogP contribution < -0.4 is 4.72 Å². The summed E-state index contributed by atoms with van der Waals surface area (Å²) in [7, 11) is -3.76. The van der Waals surface area contributed by atoms with Crippen molar-refractivity contribution in [3.05, 3.63) is 72.3 Å². The third kappa shape index (κ3) is 3.10. The summed E-state index contributed by atoms with van der Waals surface area (Å²) in [5.41, 5.74) is 0.630. The third-order valence-corrected chi connectivity index (χ3v) is 4.95. The van der Waals surface area contributed by atoms with Crippen molar-refractivity contribution in [3.8, 4) is 0 Å². The van der Waals surface area contributed by atoms with Crippen molar-refractivity contribution >= 4 is 32.3 Å². The molecule has 0 aliphatic carbocycles. The lowest BCUT2D eigenvalue weighted by atomic mass is 10.1. The molecular weight excluding hydrogens is 310 g/mol. The molecule has 0 unspecified atom stereocenters. The molecule has 23 heavy (non-hydrogen) atoms. The summed E-state index contributed by atoms with van der Waals surface area (Å²) in [6, 6.07) is 19.0. The predicted molar refractivity (Wildman–Crippen MR) is 91.2 cm³/mol. The Kier molecular flexibility index (Phi) is 3.88. The maximum atomic E-state index is 12.6. The molecule has 4 nitrogen and oxygen atoms in total. The Morgan fingerprint density at radius 2 is 1.52 bits per heavy atom. The standard InChI is InChI=1S/C18H15NO3S/c1-13(20)17-8-4-5-9-18(17)19-23(21,22)16-11-10-14-6-2-3-7-15(14)12-16/h2-12,19H,1H3. The van der Waals surface area contributed by atoms with Gasteiger partial charge in [0.05, 0.1) is 10.6 Å². The molecule has 0 fully saturated rings. The fraction of sp³-hybridized carbons (Fsp3) is 0.0556. The van der Waals surface area contributed by atoms with E-state index < -0.39 is 10.0 Å². The topological polar surface area (TPSA) is 63.2 Å². The minimum atomic E-state index is -3.76. The quantitative estimate of drug-likeness (QED) is 0.741. The van der Waals surface area contributed by atoms with Gasteiger partial charge in [0.25, 0.3) is 10.0 Å². The number of fused-ring (bicyclic) bond motifs is 1. The maximum Gasteiger partial charge on any atom is 0.261 e. The van der Waals surface area contributed by atoms with E-state index in [9.17, 15) is 13.2 Å². The van der Waals surface area contributed by atoms with Crippen LogP contribution in [-0.2, 0) is 10.0 Å². The first kappa shape index (κ1) is 15.2. The number of ketones is 1. The number of carbonyl (C=O) groups excluding carboxylic acids is 1. The van der Waals surface area contributed by atoms with Gasteiger partial charge < -0.3 is 0 Å². The molecule has 0 radical (unpaired) electrons. The van der Waals surface area contributed by atoms with Gasteiger partial charge in [-0.05, 0) is 42.0 Å². The van der Waals surface area contributed by atoms with E-state index in [4.69, 9.17) is 0 Å². The Morgan fingerprint density at radius 3 is 2.26 bits per heavy atom. The van der Waals surface area contributed by atoms with Crippen molar-refractivity contribution in [2.75, 3.05) is 4.72 Å². The van der Waals surface area contributed by atoms with E-state index in [2.05, 4.69) is 4.72 Å². The largest absolute Gasteiger partial charge is 0.294 e. The van der Waals surface area contributed by atoms with Gasteiger partial charge in [-0.15, -0.1) is 0 Å². The predicted octanol–water partition coefficient (Wildman–Crippen LogP) is 3.84. The number of hydrogen-bond donors (Lipinski definition) is 1. The normalized spacial score (nSPS) is 11.3. The van der Waals surface area contributed by atoms with Gasteiger partial charge in [0.15, 0.2) is 5.78 Å². The van der Waals surface area contributed by atoms with Crippen molar-refractivity contribution in [3.63, 3.8) is 0 Å². The highest BCUT2D eigenvalue weighted by Crippen LogP contribution is 2.23. The first-order valence-corrected chi connectivity index (χ1v) is 8.57. The van der Waals surface area contributed by atoms with Gasteiger partial charge in [0.2, 0.25) is 0 Å². The number of benzene rings is 3. The van der Waals surface area contributed by atoms with Crippen LogP contribution in [0, 0.1) is 0 Å². The van der Waals surface area contributed by atoms with Gasteiger partial charge in [0.1, 0.15) is 0 Å². The second-order valence-corrected chi connectivity index (χ2v) is 6.90. The SMILES string of the molecule is CC(=O)c1ccccc1NS(=O)(=O)c1ccc2ccccc2c1. The molecule has 0 heterocycles. The van der Waals surface area contributed by atoms with Gasteiger partial charge in [-0.2, -0.15) is 0 Å². The zero-order valence-corrected chi connectivity index (χ0v) is 13.3. The Hall–Kier alpha value is -2.66. The monoisotopic (exact) mass is 325 g/mol. The van der Waals surface area contributed by atoms with Crippen molar-refractivity contribution < 1.29 is 13.2 Å². The molecule has 0 saturated carbocycles. The van der Waals surface area contributed by atoms with E-state index in [1.54, 1.807) is 42.5 Å². The van der Waals surface area contributed by atoms with Gasteiger partial charge in [0, 0.05) is 5.56 Å². The minimum Gasteiger partial charge on any atom is -0.294 e. The number of nitrogens with one attached hydrogen (secondary N) is 1. The van der Waals surface area contributed by atoms with Crippen molar-refractivity contribution in [1.82, 2.24) is 0 Å². The van der Waals surface area contributed by atoms with Crippen LogP contribution in [0.4, 0.5) is 5.69 Å². The van der Waals surface area contributed by atoms with Crippen LogP contribution in [0.15, 0.2) is 71.6 Å². The molecule has 3 aromatic carbocycles. The molecule has 1 N–H and O–H groups in total. The summed E-state index contributed by atoms with van der Waals surface area (Å²) < 4.78 is 27.7. The van der Waals surface area contributed by atoms with E-state index in [-0.39, 0.29) is 16.4 Å². The summed E-state index contributed by atoms with van der Waals surface area (Å²) in [6.07, 6.45) is 0. The Bertz CT molecular complexity index is 994. The van der Waals surface area contributed by atoms with E-state index in [0.29, 0.717) is 5.56 Å². The van der Waals surface area contributed by atoms with Gasteiger partial charge in [-0.25, -0.2) is 8.42 Å². The summed E-state index contributed by atoms with van der Waals surface area (Å²) in [6.45, 7) is 1.41. The number of hydrogen-bond acceptors (Lipinski definition) is 3. The number of anilines is 1. The Morgan fingerprint density at radius 1 is 0.870 bits per heavy atom. The van der Waals surface area contributed by atoms with E-state index in [0.717, 1.165) is 10.8 Å². The molecule has 3 rings (SSSR count). The molecule has 116 valence electrons. The third-order valence-electron chi connectivity index (χ3n) is 3.58. The van der Waals surface area contributed by atoms with E-state index >= 15 is 0 Å². The van der Waals surface area contributed by atoms with E-state index in [1.165, 1.54) is 6.92 Å². The van der Waals surface area contributed by atoms with Crippen molar-refractivity contribution in [2.24, 2.45) is 0 Å². The van der Waals surface area contributed by atoms with Crippen LogP contribution in [-0.4, -0.2) is 14.2 Å². The fourth-order valence-corrected chi connectivity index (χ4v) is 3.53. The molecule has 0 spiro atoms. The van der Waals surface area contributed by atoms with Crippen LogP contribution in [0.3, 0.4) is 0 Å². The molecule has 0 bridgehead atoms. The number of carbonyl (C=O) groups is 1. The number of para-hydroxylation sites is 1. The second-order valence-electron chi connectivity index (χ2n) is 5.22. The average molecular weight is 325 g/mol. The van der Waals surface area contributed by atoms with Gasteiger partial charge in [-0.1, -0.05) is 42.5 Å². The van der Waals surface area contributed by atoms with Gasteiger partial charge >= 0.3 is 0 Å².